The van der Waals surface area contributed by atoms with E-state index in [2.05, 4.69) is 12.2 Å². The van der Waals surface area contributed by atoms with Gasteiger partial charge in [0.15, 0.2) is 0 Å². The molecule has 0 heterocycles. The Bertz CT molecular complexity index is 219. The molecule has 1 N–H and O–H groups in total. The number of Topliss-reactive ketones (excluding diaryl/α,β-unsaturated/α-hetero) is 1. The van der Waals surface area contributed by atoms with E-state index in [-0.39, 0.29) is 6.10 Å². The molecule has 15 heavy (non-hydrogen) atoms. The highest BCUT2D eigenvalue weighted by molar-refractivity contribution is 5.80. The molecular formula is C13H22O2. The maximum Gasteiger partial charge on any atom is 0.133 e. The SMILES string of the molecule is CC(O)CCCC/C=C/C1CCC(=O)C1. The molecular weight excluding hydrogens is 188 g/mol. The summed E-state index contributed by atoms with van der Waals surface area (Å²) in [7, 11) is 0. The summed E-state index contributed by atoms with van der Waals surface area (Å²) < 4.78 is 0. The summed E-state index contributed by atoms with van der Waals surface area (Å²) in [5.41, 5.74) is 0. The number of aliphatic hydroxyl groups is 1. The lowest BCUT2D eigenvalue weighted by molar-refractivity contribution is -0.117. The first-order valence-electron chi connectivity index (χ1n) is 6.05. The standard InChI is InChI=1S/C13H22O2/c1-11(14)6-4-2-3-5-7-12-8-9-13(15)10-12/h5,7,11-12,14H,2-4,6,8-10H2,1H3/b7-5+. The Morgan fingerprint density at radius 1 is 1.53 bits per heavy atom. The fourth-order valence-electron chi connectivity index (χ4n) is 2.00. The van der Waals surface area contributed by atoms with E-state index in [1.54, 1.807) is 0 Å². The number of ketones is 1. The summed E-state index contributed by atoms with van der Waals surface area (Å²) in [5, 5.41) is 9.06. The number of carbonyl (C=O) groups is 1. The molecule has 1 rings (SSSR count). The quantitative estimate of drug-likeness (QED) is 0.540. The number of hydrogen-bond acceptors (Lipinski definition) is 2. The van der Waals surface area contributed by atoms with Gasteiger partial charge in [0.25, 0.3) is 0 Å². The third kappa shape index (κ3) is 5.73. The minimum Gasteiger partial charge on any atom is -0.393 e. The van der Waals surface area contributed by atoms with Crippen molar-refractivity contribution in [2.24, 2.45) is 5.92 Å². The Kier molecular flexibility index (Phi) is 5.62. The van der Waals surface area contributed by atoms with Crippen molar-refractivity contribution in [2.75, 3.05) is 0 Å². The smallest absolute Gasteiger partial charge is 0.133 e. The topological polar surface area (TPSA) is 37.3 Å². The zero-order chi connectivity index (χ0) is 11.1. The highest BCUT2D eigenvalue weighted by Gasteiger charge is 2.18. The third-order valence-electron chi connectivity index (χ3n) is 2.93. The minimum absolute atomic E-state index is 0.165. The largest absolute Gasteiger partial charge is 0.393 e. The van der Waals surface area contributed by atoms with Crippen molar-refractivity contribution in [3.63, 3.8) is 0 Å². The maximum absolute atomic E-state index is 11.0. The summed E-state index contributed by atoms with van der Waals surface area (Å²) in [6, 6.07) is 0. The highest BCUT2D eigenvalue weighted by Crippen LogP contribution is 2.23. The molecule has 0 radical (unpaired) electrons. The van der Waals surface area contributed by atoms with E-state index in [0.717, 1.165) is 44.9 Å². The molecule has 0 amide bonds. The molecule has 0 aliphatic heterocycles. The number of aliphatic hydroxyl groups excluding tert-OH is 1. The number of allylic oxidation sites excluding steroid dienone is 2. The predicted octanol–water partition coefficient (Wildman–Crippen LogP) is 2.85. The Morgan fingerprint density at radius 2 is 2.33 bits per heavy atom. The molecule has 2 nitrogen and oxygen atoms in total. The van der Waals surface area contributed by atoms with Crippen molar-refractivity contribution in [1.82, 2.24) is 0 Å². The molecule has 0 saturated heterocycles. The van der Waals surface area contributed by atoms with Gasteiger partial charge in [-0.1, -0.05) is 18.6 Å². The van der Waals surface area contributed by atoms with Crippen LogP contribution in [0.2, 0.25) is 0 Å². The van der Waals surface area contributed by atoms with E-state index in [1.165, 1.54) is 0 Å². The van der Waals surface area contributed by atoms with Gasteiger partial charge in [-0.2, -0.15) is 0 Å². The molecule has 86 valence electrons. The second-order valence-corrected chi connectivity index (χ2v) is 4.60. The van der Waals surface area contributed by atoms with Gasteiger partial charge < -0.3 is 5.11 Å². The number of hydrogen-bond donors (Lipinski definition) is 1. The van der Waals surface area contributed by atoms with Crippen LogP contribution < -0.4 is 0 Å². The van der Waals surface area contributed by atoms with E-state index in [4.69, 9.17) is 5.11 Å². The first kappa shape index (κ1) is 12.4. The molecule has 0 aromatic heterocycles. The van der Waals surface area contributed by atoms with Crippen LogP contribution in [-0.2, 0) is 4.79 Å². The monoisotopic (exact) mass is 210 g/mol. The summed E-state index contributed by atoms with van der Waals surface area (Å²) in [5.74, 6) is 0.924. The van der Waals surface area contributed by atoms with Crippen molar-refractivity contribution >= 4 is 5.78 Å². The number of rotatable bonds is 6. The molecule has 0 aromatic carbocycles. The lowest BCUT2D eigenvalue weighted by atomic mass is 10.1. The van der Waals surface area contributed by atoms with Gasteiger partial charge in [-0.05, 0) is 38.5 Å². The molecule has 1 aliphatic carbocycles. The summed E-state index contributed by atoms with van der Waals surface area (Å²) in [6.45, 7) is 1.83. The fourth-order valence-corrected chi connectivity index (χ4v) is 2.00. The highest BCUT2D eigenvalue weighted by atomic mass is 16.3. The third-order valence-corrected chi connectivity index (χ3v) is 2.93. The van der Waals surface area contributed by atoms with Gasteiger partial charge in [0.1, 0.15) is 5.78 Å². The lowest BCUT2D eigenvalue weighted by Gasteiger charge is -2.02. The van der Waals surface area contributed by atoms with Crippen molar-refractivity contribution in [3.05, 3.63) is 12.2 Å². The zero-order valence-electron chi connectivity index (χ0n) is 9.61. The minimum atomic E-state index is -0.165. The molecule has 2 unspecified atom stereocenters. The lowest BCUT2D eigenvalue weighted by Crippen LogP contribution is -1.97. The summed E-state index contributed by atoms with van der Waals surface area (Å²) in [4.78, 5) is 11.0. The first-order valence-corrected chi connectivity index (χ1v) is 6.05. The Balaban J connectivity index is 1.99. The van der Waals surface area contributed by atoms with Crippen molar-refractivity contribution in [1.29, 1.82) is 0 Å². The Hall–Kier alpha value is -0.630. The van der Waals surface area contributed by atoms with Gasteiger partial charge in [-0.3, -0.25) is 4.79 Å². The first-order chi connectivity index (χ1) is 7.18. The molecule has 1 aliphatic rings. The molecule has 1 saturated carbocycles. The molecule has 0 bridgehead atoms. The molecule has 0 aromatic rings. The van der Waals surface area contributed by atoms with Crippen LogP contribution in [-0.4, -0.2) is 17.0 Å². The average molecular weight is 210 g/mol. The van der Waals surface area contributed by atoms with Crippen LogP contribution in [0.15, 0.2) is 12.2 Å². The van der Waals surface area contributed by atoms with E-state index in [9.17, 15) is 4.79 Å². The predicted molar refractivity (Wildman–Crippen MR) is 61.6 cm³/mol. The Labute approximate surface area is 92.4 Å². The van der Waals surface area contributed by atoms with E-state index >= 15 is 0 Å². The van der Waals surface area contributed by atoms with Gasteiger partial charge in [-0.25, -0.2) is 0 Å². The molecule has 2 atom stereocenters. The molecule has 0 spiro atoms. The van der Waals surface area contributed by atoms with Crippen LogP contribution in [0.3, 0.4) is 0 Å². The average Bonchev–Trinajstić information content (AvgIpc) is 2.57. The van der Waals surface area contributed by atoms with Crippen LogP contribution in [0.25, 0.3) is 0 Å². The van der Waals surface area contributed by atoms with Crippen molar-refractivity contribution in [3.8, 4) is 0 Å². The van der Waals surface area contributed by atoms with Crippen molar-refractivity contribution < 1.29 is 9.90 Å². The van der Waals surface area contributed by atoms with Gasteiger partial charge in [0.2, 0.25) is 0 Å². The van der Waals surface area contributed by atoms with Crippen molar-refractivity contribution in [2.45, 2.75) is 58.0 Å². The van der Waals surface area contributed by atoms with E-state index in [1.807, 2.05) is 6.92 Å². The normalized spacial score (nSPS) is 23.9. The second kappa shape index (κ2) is 6.78. The van der Waals surface area contributed by atoms with Crippen LogP contribution in [0.1, 0.15) is 51.9 Å². The van der Waals surface area contributed by atoms with E-state index in [0.29, 0.717) is 11.7 Å². The van der Waals surface area contributed by atoms with Gasteiger partial charge >= 0.3 is 0 Å². The van der Waals surface area contributed by atoms with Crippen LogP contribution >= 0.6 is 0 Å². The zero-order valence-corrected chi connectivity index (χ0v) is 9.61. The molecule has 2 heteroatoms. The fraction of sp³-hybridized carbons (Fsp3) is 0.769. The number of unbranched alkanes of at least 4 members (excludes halogenated alkanes) is 2. The van der Waals surface area contributed by atoms with Gasteiger partial charge in [0.05, 0.1) is 6.10 Å². The maximum atomic E-state index is 11.0. The Morgan fingerprint density at radius 3 is 2.93 bits per heavy atom. The summed E-state index contributed by atoms with van der Waals surface area (Å²) >= 11 is 0. The van der Waals surface area contributed by atoms with Crippen LogP contribution in [0, 0.1) is 5.92 Å². The second-order valence-electron chi connectivity index (χ2n) is 4.60. The molecule has 1 fully saturated rings. The van der Waals surface area contributed by atoms with Gasteiger partial charge in [0, 0.05) is 12.8 Å². The summed E-state index contributed by atoms with van der Waals surface area (Å²) in [6.07, 6.45) is 11.0. The van der Waals surface area contributed by atoms with E-state index < -0.39 is 0 Å². The van der Waals surface area contributed by atoms with Gasteiger partial charge in [-0.15, -0.1) is 0 Å². The van der Waals surface area contributed by atoms with Crippen LogP contribution in [0.5, 0.6) is 0 Å². The number of carbonyl (C=O) groups excluding carboxylic acids is 1. The van der Waals surface area contributed by atoms with Crippen LogP contribution in [0.4, 0.5) is 0 Å².